The molecule has 1 heterocycles. The zero-order valence-corrected chi connectivity index (χ0v) is 13.8. The summed E-state index contributed by atoms with van der Waals surface area (Å²) in [6.07, 6.45) is 3.14. The number of benzene rings is 1. The van der Waals surface area contributed by atoms with Gasteiger partial charge in [-0.1, -0.05) is 18.2 Å². The van der Waals surface area contributed by atoms with Crippen LogP contribution in [0, 0.1) is 22.7 Å². The topological polar surface area (TPSA) is 110 Å². The summed E-state index contributed by atoms with van der Waals surface area (Å²) in [7, 11) is 0. The van der Waals surface area contributed by atoms with E-state index in [9.17, 15) is 10.5 Å². The highest BCUT2D eigenvalue weighted by Crippen LogP contribution is 2.30. The number of nitrogens with zero attached hydrogens (tertiary/aromatic N) is 5. The lowest BCUT2D eigenvalue weighted by Crippen LogP contribution is -2.20. The number of nitriles is 2. The van der Waals surface area contributed by atoms with E-state index in [0.29, 0.717) is 6.54 Å². The van der Waals surface area contributed by atoms with Crippen molar-refractivity contribution in [1.82, 2.24) is 14.8 Å². The maximum Gasteiger partial charge on any atom is 0.137 e. The van der Waals surface area contributed by atoms with Gasteiger partial charge in [0.25, 0.3) is 0 Å². The standard InChI is InChI=1S/C17H19N5.H2O/c1-16(2,9-18)14-5-13(8-22-12-20-11-21-22)6-15(7-14)17(3,4)10-19;/h5-7,11-12H,8H2,1-4H3;1H2. The zero-order chi connectivity index (χ0) is 16.4. The van der Waals surface area contributed by atoms with Crippen LogP contribution in [0.4, 0.5) is 0 Å². The van der Waals surface area contributed by atoms with Gasteiger partial charge in [-0.15, -0.1) is 0 Å². The Balaban J connectivity index is 0.00000264. The monoisotopic (exact) mass is 311 g/mol. The average Bonchev–Trinajstić information content (AvgIpc) is 2.99. The molecule has 6 nitrogen and oxygen atoms in total. The molecule has 2 aromatic rings. The minimum Gasteiger partial charge on any atom is -0.412 e. The number of rotatable bonds is 4. The van der Waals surface area contributed by atoms with Gasteiger partial charge in [-0.25, -0.2) is 9.67 Å². The molecule has 0 spiro atoms. The molecule has 0 aliphatic rings. The lowest BCUT2D eigenvalue weighted by atomic mass is 9.79. The van der Waals surface area contributed by atoms with Gasteiger partial charge in [0, 0.05) is 0 Å². The van der Waals surface area contributed by atoms with Crippen LogP contribution in [-0.4, -0.2) is 20.2 Å². The van der Waals surface area contributed by atoms with E-state index in [1.54, 1.807) is 11.0 Å². The highest BCUT2D eigenvalue weighted by molar-refractivity contribution is 5.42. The van der Waals surface area contributed by atoms with E-state index < -0.39 is 10.8 Å². The van der Waals surface area contributed by atoms with Crippen molar-refractivity contribution in [2.45, 2.75) is 45.1 Å². The molecule has 120 valence electrons. The third-order valence-electron chi connectivity index (χ3n) is 3.81. The van der Waals surface area contributed by atoms with Gasteiger partial charge in [-0.3, -0.25) is 0 Å². The first kappa shape index (κ1) is 18.3. The molecule has 0 saturated heterocycles. The summed E-state index contributed by atoms with van der Waals surface area (Å²) < 4.78 is 1.72. The Bertz CT molecular complexity index is 704. The van der Waals surface area contributed by atoms with Crippen molar-refractivity contribution in [2.24, 2.45) is 0 Å². The van der Waals surface area contributed by atoms with E-state index in [-0.39, 0.29) is 5.48 Å². The van der Waals surface area contributed by atoms with E-state index in [1.165, 1.54) is 6.33 Å². The first-order chi connectivity index (χ1) is 10.3. The van der Waals surface area contributed by atoms with Gasteiger partial charge in [-0.2, -0.15) is 15.6 Å². The minimum atomic E-state index is -0.612. The van der Waals surface area contributed by atoms with Gasteiger partial charge in [0.2, 0.25) is 0 Å². The molecule has 0 radical (unpaired) electrons. The van der Waals surface area contributed by atoms with E-state index >= 15 is 0 Å². The lowest BCUT2D eigenvalue weighted by molar-refractivity contribution is 0.646. The van der Waals surface area contributed by atoms with Crippen LogP contribution >= 0.6 is 0 Å². The average molecular weight is 311 g/mol. The first-order valence-corrected chi connectivity index (χ1v) is 7.08. The molecule has 1 aromatic carbocycles. The Labute approximate surface area is 136 Å². The molecular formula is C17H21N5O. The third-order valence-corrected chi connectivity index (χ3v) is 3.81. The first-order valence-electron chi connectivity index (χ1n) is 7.08. The highest BCUT2D eigenvalue weighted by Gasteiger charge is 2.26. The maximum atomic E-state index is 9.40. The molecule has 0 aliphatic carbocycles. The van der Waals surface area contributed by atoms with Gasteiger partial charge >= 0.3 is 0 Å². The van der Waals surface area contributed by atoms with Gasteiger partial charge in [0.05, 0.1) is 29.5 Å². The summed E-state index contributed by atoms with van der Waals surface area (Å²) in [4.78, 5) is 3.94. The van der Waals surface area contributed by atoms with Gasteiger partial charge in [0.1, 0.15) is 12.7 Å². The fraction of sp³-hybridized carbons (Fsp3) is 0.412. The minimum absolute atomic E-state index is 0. The maximum absolute atomic E-state index is 9.40. The number of aromatic nitrogens is 3. The molecule has 2 rings (SSSR count). The summed E-state index contributed by atoms with van der Waals surface area (Å²) in [5, 5.41) is 22.9. The summed E-state index contributed by atoms with van der Waals surface area (Å²) >= 11 is 0. The summed E-state index contributed by atoms with van der Waals surface area (Å²) in [5.41, 5.74) is 1.60. The predicted octanol–water partition coefficient (Wildman–Crippen LogP) is 2.10. The molecule has 1 aromatic heterocycles. The Morgan fingerprint density at radius 3 is 1.91 bits per heavy atom. The molecule has 0 unspecified atom stereocenters. The summed E-state index contributed by atoms with van der Waals surface area (Å²) in [6.45, 7) is 8.08. The SMILES string of the molecule is CC(C)(C#N)c1cc(Cn2cncn2)cc(C(C)(C)C#N)c1.O. The van der Waals surface area contributed by atoms with Crippen LogP contribution in [0.15, 0.2) is 30.9 Å². The molecule has 0 aliphatic heterocycles. The Morgan fingerprint density at radius 2 is 1.52 bits per heavy atom. The molecule has 0 bridgehead atoms. The molecule has 6 heteroatoms. The molecule has 23 heavy (non-hydrogen) atoms. The zero-order valence-electron chi connectivity index (χ0n) is 13.8. The quantitative estimate of drug-likeness (QED) is 0.860. The van der Waals surface area contributed by atoms with Crippen LogP contribution < -0.4 is 0 Å². The van der Waals surface area contributed by atoms with Crippen molar-refractivity contribution < 1.29 is 5.48 Å². The van der Waals surface area contributed by atoms with Gasteiger partial charge in [-0.05, 0) is 44.4 Å². The second kappa shape index (κ2) is 6.60. The van der Waals surface area contributed by atoms with E-state index in [2.05, 4.69) is 22.2 Å². The van der Waals surface area contributed by atoms with Crippen molar-refractivity contribution in [1.29, 1.82) is 10.5 Å². The van der Waals surface area contributed by atoms with Gasteiger partial charge in [0.15, 0.2) is 0 Å². The Hall–Kier alpha value is -2.70. The van der Waals surface area contributed by atoms with Crippen LogP contribution in [0.1, 0.15) is 44.4 Å². The van der Waals surface area contributed by atoms with Crippen molar-refractivity contribution in [2.75, 3.05) is 0 Å². The van der Waals surface area contributed by atoms with E-state index in [0.717, 1.165) is 16.7 Å². The largest absolute Gasteiger partial charge is 0.412 e. The van der Waals surface area contributed by atoms with E-state index in [1.807, 2.05) is 45.9 Å². The summed E-state index contributed by atoms with van der Waals surface area (Å²) in [5.74, 6) is 0. The van der Waals surface area contributed by atoms with E-state index in [4.69, 9.17) is 0 Å². The van der Waals surface area contributed by atoms with Gasteiger partial charge < -0.3 is 5.48 Å². The second-order valence-electron chi connectivity index (χ2n) is 6.49. The molecule has 0 saturated carbocycles. The fourth-order valence-corrected chi connectivity index (χ4v) is 2.14. The number of hydrogen-bond acceptors (Lipinski definition) is 4. The van der Waals surface area contributed by atoms with Crippen molar-refractivity contribution in [3.63, 3.8) is 0 Å². The number of hydrogen-bond donors (Lipinski definition) is 0. The lowest BCUT2D eigenvalue weighted by Gasteiger charge is -2.23. The normalized spacial score (nSPS) is 11.2. The smallest absolute Gasteiger partial charge is 0.137 e. The molecule has 0 fully saturated rings. The highest BCUT2D eigenvalue weighted by atomic mass is 16.0. The van der Waals surface area contributed by atoms with Crippen LogP contribution in [0.2, 0.25) is 0 Å². The van der Waals surface area contributed by atoms with Crippen LogP contribution in [0.25, 0.3) is 0 Å². The molecule has 0 amide bonds. The van der Waals surface area contributed by atoms with Crippen LogP contribution in [0.3, 0.4) is 0 Å². The molecule has 0 atom stereocenters. The summed E-state index contributed by atoms with van der Waals surface area (Å²) in [6, 6.07) is 10.6. The second-order valence-corrected chi connectivity index (χ2v) is 6.49. The van der Waals surface area contributed by atoms with Crippen molar-refractivity contribution in [3.8, 4) is 12.1 Å². The van der Waals surface area contributed by atoms with Crippen LogP contribution in [0.5, 0.6) is 0 Å². The van der Waals surface area contributed by atoms with Crippen LogP contribution in [-0.2, 0) is 17.4 Å². The predicted molar refractivity (Wildman–Crippen MR) is 86.5 cm³/mol. The molecular weight excluding hydrogens is 290 g/mol. The van der Waals surface area contributed by atoms with Crippen molar-refractivity contribution >= 4 is 0 Å². The third kappa shape index (κ3) is 3.94. The Kier molecular flexibility index (Phi) is 5.26. The van der Waals surface area contributed by atoms with Crippen molar-refractivity contribution in [3.05, 3.63) is 47.5 Å². The fourth-order valence-electron chi connectivity index (χ4n) is 2.14. The Morgan fingerprint density at radius 1 is 1.00 bits per heavy atom. The molecule has 2 N–H and O–H groups in total.